The summed E-state index contributed by atoms with van der Waals surface area (Å²) in [4.78, 5) is 9.93. The van der Waals surface area contributed by atoms with Crippen molar-refractivity contribution in [3.63, 3.8) is 0 Å². The summed E-state index contributed by atoms with van der Waals surface area (Å²) in [6, 6.07) is 116. The molecule has 0 spiro atoms. The number of hydrogen-bond donors (Lipinski definition) is 0. The minimum Gasteiger partial charge on any atom is -0.456 e. The Balaban J connectivity index is 0.741. The van der Waals surface area contributed by atoms with Gasteiger partial charge in [0.1, 0.15) is 22.3 Å². The van der Waals surface area contributed by atoms with Gasteiger partial charge in [-0.1, -0.05) is 200 Å². The second-order valence-corrected chi connectivity index (χ2v) is 24.6. The molecule has 0 radical (unpaired) electrons. The molecule has 92 heavy (non-hydrogen) atoms. The van der Waals surface area contributed by atoms with Gasteiger partial charge in [0.25, 0.3) is 13.4 Å². The van der Waals surface area contributed by atoms with Crippen LogP contribution >= 0.6 is 0 Å². The number of furan rings is 2. The topological polar surface area (TPSA) is 39.2 Å². The Labute approximate surface area is 532 Å². The summed E-state index contributed by atoms with van der Waals surface area (Å²) < 4.78 is 13.5. The van der Waals surface area contributed by atoms with E-state index in [4.69, 9.17) is 8.83 Å². The van der Waals surface area contributed by atoms with Gasteiger partial charge in [0, 0.05) is 95.1 Å². The molecular formula is C84H52B2N4O2. The number of nitrogens with zero attached hydrogens (tertiary/aromatic N) is 4. The average molecular weight is 1170 g/mol. The lowest BCUT2D eigenvalue weighted by molar-refractivity contribution is 0.669. The summed E-state index contributed by atoms with van der Waals surface area (Å²) in [5, 5.41) is 4.36. The molecule has 426 valence electrons. The molecular weight excluding hydrogens is 1120 g/mol. The van der Waals surface area contributed by atoms with Crippen molar-refractivity contribution >= 4 is 158 Å². The molecule has 0 bridgehead atoms. The van der Waals surface area contributed by atoms with Crippen molar-refractivity contribution < 1.29 is 8.83 Å². The van der Waals surface area contributed by atoms with E-state index in [9.17, 15) is 0 Å². The Morgan fingerprint density at radius 3 is 1.25 bits per heavy atom. The van der Waals surface area contributed by atoms with Gasteiger partial charge in [0.15, 0.2) is 0 Å². The maximum absolute atomic E-state index is 7.15. The maximum atomic E-state index is 7.15. The van der Waals surface area contributed by atoms with E-state index in [-0.39, 0.29) is 13.4 Å². The number of rotatable bonds is 7. The minimum absolute atomic E-state index is 0.0450. The molecule has 0 aliphatic carbocycles. The van der Waals surface area contributed by atoms with E-state index >= 15 is 0 Å². The zero-order valence-electron chi connectivity index (χ0n) is 49.8. The smallest absolute Gasteiger partial charge is 0.252 e. The van der Waals surface area contributed by atoms with Crippen molar-refractivity contribution in [3.8, 4) is 33.4 Å². The SMILES string of the molecule is c1ccc(N2c3ccccc3B3c4cc(-c5ccc6oc7c(-c8ccccc8N8c9ccccc9B9c%10ccccc%10N(c%10ccccc%10)c%10cccc8c%109)cccc7c6c5)ccc4N(c4ccccc4-c4ccc5oc6ccccc6c5c4)c4cccc2c43)cc1. The summed E-state index contributed by atoms with van der Waals surface area (Å²) in [5.74, 6) is 0. The number of fused-ring (bicyclic) bond motifs is 14. The third-order valence-corrected chi connectivity index (χ3v) is 19.8. The highest BCUT2D eigenvalue weighted by atomic mass is 16.3. The number of hydrogen-bond acceptors (Lipinski definition) is 6. The molecule has 0 saturated carbocycles. The molecule has 20 rings (SSSR count). The van der Waals surface area contributed by atoms with E-state index in [2.05, 4.69) is 329 Å². The molecule has 16 aromatic rings. The molecule has 14 aromatic carbocycles. The molecule has 0 unspecified atom stereocenters. The third-order valence-electron chi connectivity index (χ3n) is 19.8. The normalized spacial score (nSPS) is 13.3. The van der Waals surface area contributed by atoms with Crippen LogP contribution in [0.25, 0.3) is 77.3 Å². The first kappa shape index (κ1) is 51.0. The van der Waals surface area contributed by atoms with Crippen molar-refractivity contribution in [2.45, 2.75) is 0 Å². The van der Waals surface area contributed by atoms with Crippen molar-refractivity contribution in [3.05, 3.63) is 315 Å². The zero-order chi connectivity index (χ0) is 60.1. The molecule has 2 aromatic heterocycles. The Morgan fingerprint density at radius 2 is 0.609 bits per heavy atom. The van der Waals surface area contributed by atoms with E-state index in [1.807, 2.05) is 6.07 Å². The third kappa shape index (κ3) is 7.34. The van der Waals surface area contributed by atoms with Crippen LogP contribution in [0.15, 0.2) is 324 Å². The largest absolute Gasteiger partial charge is 0.456 e. The van der Waals surface area contributed by atoms with Crippen LogP contribution in [0.5, 0.6) is 0 Å². The predicted octanol–water partition coefficient (Wildman–Crippen LogP) is 18.7. The number of anilines is 12. The summed E-state index contributed by atoms with van der Waals surface area (Å²) in [7, 11) is 0. The van der Waals surface area contributed by atoms with Gasteiger partial charge in [-0.05, 0) is 165 Å². The Kier molecular flexibility index (Phi) is 10.9. The predicted molar refractivity (Wildman–Crippen MR) is 385 cm³/mol. The lowest BCUT2D eigenvalue weighted by Gasteiger charge is -2.44. The van der Waals surface area contributed by atoms with Gasteiger partial charge in [-0.15, -0.1) is 0 Å². The van der Waals surface area contributed by atoms with E-state index in [1.54, 1.807) is 0 Å². The molecule has 6 nitrogen and oxygen atoms in total. The van der Waals surface area contributed by atoms with Crippen LogP contribution in [0.1, 0.15) is 0 Å². The van der Waals surface area contributed by atoms with Crippen LogP contribution < -0.4 is 52.4 Å². The van der Waals surface area contributed by atoms with Gasteiger partial charge < -0.3 is 28.4 Å². The quantitative estimate of drug-likeness (QED) is 0.148. The Morgan fingerprint density at radius 1 is 0.217 bits per heavy atom. The fourth-order valence-corrected chi connectivity index (χ4v) is 16.0. The molecule has 0 amide bonds. The molecule has 0 atom stereocenters. The van der Waals surface area contributed by atoms with Crippen molar-refractivity contribution in [1.82, 2.24) is 0 Å². The van der Waals surface area contributed by atoms with Crippen LogP contribution in [0, 0.1) is 0 Å². The molecule has 0 saturated heterocycles. The first-order valence-electron chi connectivity index (χ1n) is 31.7. The Bertz CT molecular complexity index is 5740. The highest BCUT2D eigenvalue weighted by Gasteiger charge is 2.45. The maximum Gasteiger partial charge on any atom is 0.252 e. The lowest BCUT2D eigenvalue weighted by Crippen LogP contribution is -2.61. The number of benzene rings is 14. The fourth-order valence-electron chi connectivity index (χ4n) is 16.0. The highest BCUT2D eigenvalue weighted by molar-refractivity contribution is 7.01. The Hall–Kier alpha value is -12.0. The summed E-state index contributed by atoms with van der Waals surface area (Å²) >= 11 is 0. The zero-order valence-corrected chi connectivity index (χ0v) is 49.8. The molecule has 8 heteroatoms. The first-order chi connectivity index (χ1) is 45.7. The van der Waals surface area contributed by atoms with Crippen LogP contribution in [0.3, 0.4) is 0 Å². The van der Waals surface area contributed by atoms with Gasteiger partial charge >= 0.3 is 0 Å². The highest BCUT2D eigenvalue weighted by Crippen LogP contribution is 2.51. The van der Waals surface area contributed by atoms with Crippen LogP contribution in [0.2, 0.25) is 0 Å². The van der Waals surface area contributed by atoms with E-state index in [0.29, 0.717) is 0 Å². The minimum atomic E-state index is -0.0664. The van der Waals surface area contributed by atoms with Crippen molar-refractivity contribution in [2.24, 2.45) is 0 Å². The first-order valence-corrected chi connectivity index (χ1v) is 31.7. The molecule has 0 fully saturated rings. The molecule has 0 N–H and O–H groups in total. The number of para-hydroxylation sites is 9. The van der Waals surface area contributed by atoms with Crippen molar-refractivity contribution in [1.29, 1.82) is 0 Å². The summed E-state index contributed by atoms with van der Waals surface area (Å²) in [6.07, 6.45) is 0. The molecule has 6 heterocycles. The van der Waals surface area contributed by atoms with Crippen molar-refractivity contribution in [2.75, 3.05) is 19.6 Å². The van der Waals surface area contributed by atoms with Gasteiger partial charge in [-0.3, -0.25) is 0 Å². The molecule has 4 aliphatic rings. The monoisotopic (exact) mass is 1170 g/mol. The van der Waals surface area contributed by atoms with Crippen LogP contribution in [-0.2, 0) is 0 Å². The van der Waals surface area contributed by atoms with E-state index in [1.165, 1.54) is 66.9 Å². The standard InChI is InChI=1S/C84H52B2N4O2/c1-3-22-56(23-4-1)87-71-36-15-10-31-65(71)85-67-33-12-17-38-73(67)90(77-41-20-39-75(87)82(77)85)70-35-14-8-27-59(70)61-29-19-30-62-64-50-53(45-48-81(64)92-84(61)62)54-44-47-74-68(52-54)86-66-32-11-16-37-72(66)88(57-24-5-2-6-25-57)76-40-21-42-78(83(76)86)89(74)69-34-13-7-26-58(69)55-46-49-80-63(51-55)60-28-9-18-43-79(60)91-80/h1-52H. The van der Waals surface area contributed by atoms with Gasteiger partial charge in [-0.25, -0.2) is 0 Å². The lowest BCUT2D eigenvalue weighted by atomic mass is 9.33. The summed E-state index contributed by atoms with van der Waals surface area (Å²) in [5.41, 5.74) is 31.6. The fraction of sp³-hybridized carbons (Fsp3) is 0. The van der Waals surface area contributed by atoms with Gasteiger partial charge in [0.2, 0.25) is 0 Å². The summed E-state index contributed by atoms with van der Waals surface area (Å²) in [6.45, 7) is -0.0215. The second kappa shape index (κ2) is 19.8. The van der Waals surface area contributed by atoms with Gasteiger partial charge in [-0.2, -0.15) is 0 Å². The van der Waals surface area contributed by atoms with Gasteiger partial charge in [0.05, 0.1) is 11.4 Å². The second-order valence-electron chi connectivity index (χ2n) is 24.6. The average Bonchev–Trinajstić information content (AvgIpc) is 0.909. The van der Waals surface area contributed by atoms with E-state index in [0.717, 1.165) is 111 Å². The van der Waals surface area contributed by atoms with Crippen LogP contribution in [0.4, 0.5) is 68.2 Å². The van der Waals surface area contributed by atoms with Crippen LogP contribution in [-0.4, -0.2) is 13.4 Å². The van der Waals surface area contributed by atoms with E-state index < -0.39 is 0 Å². The molecule has 4 aliphatic heterocycles.